The fraction of sp³-hybridized carbons (Fsp3) is 0.316. The van der Waals surface area contributed by atoms with Gasteiger partial charge in [0.15, 0.2) is 0 Å². The number of amides is 1. The highest BCUT2D eigenvalue weighted by Gasteiger charge is 2.28. The Balaban J connectivity index is 1.97. The van der Waals surface area contributed by atoms with E-state index in [-0.39, 0.29) is 6.04 Å². The number of hydrogen-bond donors (Lipinski definition) is 2. The number of fused-ring (bicyclic) bond motifs is 1. The molecule has 1 unspecified atom stereocenters. The van der Waals surface area contributed by atoms with E-state index in [0.29, 0.717) is 30.4 Å². The monoisotopic (exact) mass is 326 g/mol. The molecule has 1 aliphatic heterocycles. The van der Waals surface area contributed by atoms with E-state index in [9.17, 15) is 4.79 Å². The van der Waals surface area contributed by atoms with Crippen LogP contribution in [0, 0.1) is 5.92 Å². The van der Waals surface area contributed by atoms with Gasteiger partial charge in [-0.3, -0.25) is 10.0 Å². The molecule has 2 N–H and O–H groups in total. The summed E-state index contributed by atoms with van der Waals surface area (Å²) in [5.41, 5.74) is 4.22. The second-order valence-electron chi connectivity index (χ2n) is 6.35. The van der Waals surface area contributed by atoms with Crippen molar-refractivity contribution in [2.45, 2.75) is 26.4 Å². The maximum absolute atomic E-state index is 11.6. The second-order valence-corrected chi connectivity index (χ2v) is 6.35. The first-order chi connectivity index (χ1) is 11.6. The van der Waals surface area contributed by atoms with E-state index in [1.165, 1.54) is 0 Å². The molecular formula is C19H22N2O3. The third-order valence-corrected chi connectivity index (χ3v) is 4.44. The quantitative estimate of drug-likeness (QED) is 0.671. The van der Waals surface area contributed by atoms with Crippen LogP contribution in [0.2, 0.25) is 0 Å². The van der Waals surface area contributed by atoms with Gasteiger partial charge in [0, 0.05) is 23.4 Å². The first-order valence-corrected chi connectivity index (χ1v) is 8.12. The molecular weight excluding hydrogens is 304 g/mol. The number of hydroxylamine groups is 1. The predicted octanol–water partition coefficient (Wildman–Crippen LogP) is 3.23. The number of para-hydroxylation sites is 1. The third-order valence-electron chi connectivity index (χ3n) is 4.44. The zero-order valence-electron chi connectivity index (χ0n) is 13.9. The van der Waals surface area contributed by atoms with Crippen molar-refractivity contribution in [1.29, 1.82) is 0 Å². The number of anilines is 1. The highest BCUT2D eigenvalue weighted by Crippen LogP contribution is 2.31. The molecule has 0 spiro atoms. The van der Waals surface area contributed by atoms with Gasteiger partial charge < -0.3 is 9.64 Å². The van der Waals surface area contributed by atoms with E-state index in [4.69, 9.17) is 9.94 Å². The number of ether oxygens (including phenoxy) is 1. The molecule has 0 fully saturated rings. The lowest BCUT2D eigenvalue weighted by Gasteiger charge is -2.34. The summed E-state index contributed by atoms with van der Waals surface area (Å²) in [6, 6.07) is 15.8. The third kappa shape index (κ3) is 3.21. The molecule has 1 atom stereocenters. The summed E-state index contributed by atoms with van der Waals surface area (Å²) in [7, 11) is 0. The number of hydrogen-bond acceptors (Lipinski definition) is 4. The van der Waals surface area contributed by atoms with Crippen LogP contribution in [0.15, 0.2) is 48.5 Å². The molecule has 24 heavy (non-hydrogen) atoms. The van der Waals surface area contributed by atoms with Crippen molar-refractivity contribution in [3.63, 3.8) is 0 Å². The van der Waals surface area contributed by atoms with Gasteiger partial charge >= 0.3 is 0 Å². The van der Waals surface area contributed by atoms with Gasteiger partial charge in [-0.2, -0.15) is 0 Å². The summed E-state index contributed by atoms with van der Waals surface area (Å²) < 4.78 is 6.01. The Morgan fingerprint density at radius 2 is 2.00 bits per heavy atom. The van der Waals surface area contributed by atoms with Crippen molar-refractivity contribution in [2.24, 2.45) is 5.92 Å². The fourth-order valence-electron chi connectivity index (χ4n) is 3.05. The minimum absolute atomic E-state index is 0.231. The number of benzene rings is 2. The molecule has 1 aliphatic rings. The first kappa shape index (κ1) is 16.3. The van der Waals surface area contributed by atoms with Crippen molar-refractivity contribution >= 4 is 11.6 Å². The van der Waals surface area contributed by atoms with Crippen LogP contribution in [0.3, 0.4) is 0 Å². The predicted molar refractivity (Wildman–Crippen MR) is 92.4 cm³/mol. The van der Waals surface area contributed by atoms with E-state index in [1.54, 1.807) is 17.6 Å². The molecule has 5 heteroatoms. The van der Waals surface area contributed by atoms with Crippen LogP contribution in [0.1, 0.15) is 29.8 Å². The summed E-state index contributed by atoms with van der Waals surface area (Å²) in [6.07, 6.45) is 0. The highest BCUT2D eigenvalue weighted by molar-refractivity contribution is 5.93. The topological polar surface area (TPSA) is 61.8 Å². The van der Waals surface area contributed by atoms with Crippen LogP contribution < -0.4 is 15.1 Å². The average molecular weight is 326 g/mol. The van der Waals surface area contributed by atoms with Gasteiger partial charge in [0.25, 0.3) is 5.91 Å². The van der Waals surface area contributed by atoms with Crippen LogP contribution in [-0.2, 0) is 6.54 Å². The maximum Gasteiger partial charge on any atom is 0.274 e. The van der Waals surface area contributed by atoms with Gasteiger partial charge in [0.1, 0.15) is 12.4 Å². The van der Waals surface area contributed by atoms with Crippen molar-refractivity contribution in [1.82, 2.24) is 5.48 Å². The summed E-state index contributed by atoms with van der Waals surface area (Å²) in [4.78, 5) is 14.0. The lowest BCUT2D eigenvalue weighted by atomic mass is 10.0. The lowest BCUT2D eigenvalue weighted by molar-refractivity contribution is 0.0706. The molecule has 126 valence electrons. The van der Waals surface area contributed by atoms with Crippen molar-refractivity contribution in [2.75, 3.05) is 11.5 Å². The van der Waals surface area contributed by atoms with Crippen LogP contribution in [0.5, 0.6) is 5.75 Å². The minimum Gasteiger partial charge on any atom is -0.491 e. The Labute approximate surface area is 141 Å². The van der Waals surface area contributed by atoms with Gasteiger partial charge in [0.2, 0.25) is 0 Å². The molecule has 0 aromatic heterocycles. The van der Waals surface area contributed by atoms with Gasteiger partial charge in [-0.25, -0.2) is 5.48 Å². The zero-order valence-corrected chi connectivity index (χ0v) is 13.9. The van der Waals surface area contributed by atoms with E-state index in [1.807, 2.05) is 24.3 Å². The number of rotatable bonds is 3. The Morgan fingerprint density at radius 1 is 1.25 bits per heavy atom. The molecule has 0 radical (unpaired) electrons. The van der Waals surface area contributed by atoms with Gasteiger partial charge in [-0.05, 0) is 30.2 Å². The molecule has 2 aromatic carbocycles. The molecule has 1 amide bonds. The number of nitrogens with one attached hydrogen (secondary N) is 1. The number of carbonyl (C=O) groups excluding carboxylic acids is 1. The Bertz CT molecular complexity index is 716. The zero-order chi connectivity index (χ0) is 17.1. The molecule has 0 saturated carbocycles. The highest BCUT2D eigenvalue weighted by atomic mass is 16.5. The van der Waals surface area contributed by atoms with E-state index < -0.39 is 5.91 Å². The van der Waals surface area contributed by atoms with Crippen molar-refractivity contribution < 1.29 is 14.7 Å². The van der Waals surface area contributed by atoms with Crippen molar-refractivity contribution in [3.05, 3.63) is 59.7 Å². The standard InChI is InChI=1S/C19H22N2O3/c1-13(2)17-12-24-18-10-14(19(22)20-23)8-9-15(18)11-21(17)16-6-4-3-5-7-16/h3-10,13,17,23H,11-12H2,1-2H3,(H,20,22). The van der Waals surface area contributed by atoms with Crippen LogP contribution in [-0.4, -0.2) is 23.8 Å². The average Bonchev–Trinajstić information content (AvgIpc) is 2.80. The molecule has 2 aromatic rings. The lowest BCUT2D eigenvalue weighted by Crippen LogP contribution is -2.41. The van der Waals surface area contributed by atoms with Gasteiger partial charge in [-0.15, -0.1) is 0 Å². The Morgan fingerprint density at radius 3 is 2.67 bits per heavy atom. The van der Waals surface area contributed by atoms with E-state index in [0.717, 1.165) is 11.3 Å². The fourth-order valence-corrected chi connectivity index (χ4v) is 3.05. The molecule has 3 rings (SSSR count). The molecule has 0 bridgehead atoms. The second kappa shape index (κ2) is 6.93. The SMILES string of the molecule is CC(C)C1COc2cc(C(=O)NO)ccc2CN1c1ccccc1. The summed E-state index contributed by atoms with van der Waals surface area (Å²) in [5, 5.41) is 8.80. The summed E-state index contributed by atoms with van der Waals surface area (Å²) >= 11 is 0. The minimum atomic E-state index is -0.536. The first-order valence-electron chi connectivity index (χ1n) is 8.12. The van der Waals surface area contributed by atoms with Crippen LogP contribution in [0.25, 0.3) is 0 Å². The van der Waals surface area contributed by atoms with E-state index in [2.05, 4.69) is 30.9 Å². The summed E-state index contributed by atoms with van der Waals surface area (Å²) in [5.74, 6) is 0.575. The molecule has 5 nitrogen and oxygen atoms in total. The smallest absolute Gasteiger partial charge is 0.274 e. The molecule has 0 saturated heterocycles. The largest absolute Gasteiger partial charge is 0.491 e. The molecule has 1 heterocycles. The van der Waals surface area contributed by atoms with Gasteiger partial charge in [-0.1, -0.05) is 38.1 Å². The normalized spacial score (nSPS) is 17.0. The maximum atomic E-state index is 11.6. The number of carbonyl (C=O) groups is 1. The van der Waals surface area contributed by atoms with E-state index >= 15 is 0 Å². The van der Waals surface area contributed by atoms with Crippen LogP contribution >= 0.6 is 0 Å². The van der Waals surface area contributed by atoms with Crippen molar-refractivity contribution in [3.8, 4) is 5.75 Å². The van der Waals surface area contributed by atoms with Crippen LogP contribution in [0.4, 0.5) is 5.69 Å². The summed E-state index contributed by atoms with van der Waals surface area (Å²) in [6.45, 7) is 5.63. The number of nitrogens with zero attached hydrogens (tertiary/aromatic N) is 1. The van der Waals surface area contributed by atoms with Gasteiger partial charge in [0.05, 0.1) is 6.04 Å². The molecule has 0 aliphatic carbocycles. The Kier molecular flexibility index (Phi) is 4.71. The Hall–Kier alpha value is -2.53.